The van der Waals surface area contributed by atoms with Gasteiger partial charge in [0.1, 0.15) is 13.2 Å². The predicted molar refractivity (Wildman–Crippen MR) is 76.9 cm³/mol. The average Bonchev–Trinajstić information content (AvgIpc) is 3.01. The van der Waals surface area contributed by atoms with Gasteiger partial charge in [-0.2, -0.15) is 4.68 Å². The quantitative estimate of drug-likeness (QED) is 0.899. The van der Waals surface area contributed by atoms with Crippen LogP contribution in [0.4, 0.5) is 0 Å². The molecule has 3 rings (SSSR count). The fourth-order valence-electron chi connectivity index (χ4n) is 2.26. The van der Waals surface area contributed by atoms with Crippen LogP contribution in [0.5, 0.6) is 11.5 Å². The molecule has 1 N–H and O–H groups in total. The van der Waals surface area contributed by atoms with Gasteiger partial charge >= 0.3 is 0 Å². The summed E-state index contributed by atoms with van der Waals surface area (Å²) in [4.78, 5) is 0. The molecule has 0 amide bonds. The second-order valence-corrected chi connectivity index (χ2v) is 4.95. The molecular weight excluding hydrogens is 270 g/mol. The van der Waals surface area contributed by atoms with Crippen molar-refractivity contribution in [3.63, 3.8) is 0 Å². The lowest BCUT2D eigenvalue weighted by atomic mass is 10.2. The van der Waals surface area contributed by atoms with Crippen LogP contribution in [0.15, 0.2) is 18.2 Å². The van der Waals surface area contributed by atoms with E-state index in [9.17, 15) is 0 Å². The molecular formula is C14H19N5O2. The number of nitrogens with one attached hydrogen (secondary N) is 1. The lowest BCUT2D eigenvalue weighted by molar-refractivity contribution is 0.171. The Bertz CT molecular complexity index is 613. The van der Waals surface area contributed by atoms with Gasteiger partial charge in [0.2, 0.25) is 0 Å². The van der Waals surface area contributed by atoms with Gasteiger partial charge < -0.3 is 14.8 Å². The standard InChI is InChI=1S/C14H19N5O2/c1-3-6-15-10(2)14-16-17-18-19(14)11-4-5-12-13(9-11)21-8-7-20-12/h4-5,9-10,15H,3,6-8H2,1-2H3. The molecule has 0 fully saturated rings. The Morgan fingerprint density at radius 3 is 2.90 bits per heavy atom. The molecule has 7 heteroatoms. The molecule has 1 aliphatic rings. The summed E-state index contributed by atoms with van der Waals surface area (Å²) in [6.07, 6.45) is 1.07. The van der Waals surface area contributed by atoms with E-state index in [4.69, 9.17) is 9.47 Å². The second kappa shape index (κ2) is 6.09. The molecule has 1 unspecified atom stereocenters. The number of tetrazole rings is 1. The maximum atomic E-state index is 5.60. The molecule has 2 heterocycles. The van der Waals surface area contributed by atoms with Gasteiger partial charge in [0.25, 0.3) is 0 Å². The van der Waals surface area contributed by atoms with Crippen molar-refractivity contribution in [3.05, 3.63) is 24.0 Å². The maximum Gasteiger partial charge on any atom is 0.173 e. The van der Waals surface area contributed by atoms with E-state index in [1.807, 2.05) is 18.2 Å². The minimum atomic E-state index is 0.0770. The number of ether oxygens (including phenoxy) is 2. The van der Waals surface area contributed by atoms with Gasteiger partial charge in [-0.1, -0.05) is 6.92 Å². The first-order valence-corrected chi connectivity index (χ1v) is 7.21. The molecule has 2 aromatic rings. The van der Waals surface area contributed by atoms with Crippen LogP contribution in [0.1, 0.15) is 32.1 Å². The van der Waals surface area contributed by atoms with Crippen LogP contribution >= 0.6 is 0 Å². The highest BCUT2D eigenvalue weighted by molar-refractivity contribution is 5.49. The molecule has 1 aromatic heterocycles. The van der Waals surface area contributed by atoms with E-state index in [2.05, 4.69) is 34.7 Å². The summed E-state index contributed by atoms with van der Waals surface area (Å²) in [6.45, 7) is 6.25. The minimum Gasteiger partial charge on any atom is -0.486 e. The topological polar surface area (TPSA) is 74.1 Å². The number of rotatable bonds is 5. The largest absolute Gasteiger partial charge is 0.486 e. The van der Waals surface area contributed by atoms with Crippen molar-refractivity contribution in [2.75, 3.05) is 19.8 Å². The first-order chi connectivity index (χ1) is 10.3. The Labute approximate surface area is 123 Å². The number of nitrogens with zero attached hydrogens (tertiary/aromatic N) is 4. The highest BCUT2D eigenvalue weighted by Gasteiger charge is 2.18. The van der Waals surface area contributed by atoms with Crippen LogP contribution < -0.4 is 14.8 Å². The Balaban J connectivity index is 1.89. The van der Waals surface area contributed by atoms with E-state index in [0.717, 1.165) is 36.0 Å². The monoisotopic (exact) mass is 289 g/mol. The fraction of sp³-hybridized carbons (Fsp3) is 0.500. The van der Waals surface area contributed by atoms with Crippen LogP contribution in [0.25, 0.3) is 5.69 Å². The van der Waals surface area contributed by atoms with E-state index in [1.165, 1.54) is 0 Å². The van der Waals surface area contributed by atoms with Crippen LogP contribution in [0, 0.1) is 0 Å². The van der Waals surface area contributed by atoms with E-state index in [-0.39, 0.29) is 6.04 Å². The molecule has 0 saturated carbocycles. The number of benzene rings is 1. The van der Waals surface area contributed by atoms with Crippen molar-refractivity contribution in [3.8, 4) is 17.2 Å². The number of hydrogen-bond donors (Lipinski definition) is 1. The van der Waals surface area contributed by atoms with Gasteiger partial charge in [-0.25, -0.2) is 0 Å². The van der Waals surface area contributed by atoms with Gasteiger partial charge in [0.15, 0.2) is 17.3 Å². The third-order valence-electron chi connectivity index (χ3n) is 3.35. The van der Waals surface area contributed by atoms with E-state index >= 15 is 0 Å². The molecule has 7 nitrogen and oxygen atoms in total. The molecule has 112 valence electrons. The van der Waals surface area contributed by atoms with E-state index in [1.54, 1.807) is 4.68 Å². The van der Waals surface area contributed by atoms with Crippen molar-refractivity contribution < 1.29 is 9.47 Å². The Morgan fingerprint density at radius 2 is 2.10 bits per heavy atom. The van der Waals surface area contributed by atoms with Gasteiger partial charge in [-0.05, 0) is 42.4 Å². The third kappa shape index (κ3) is 2.82. The second-order valence-electron chi connectivity index (χ2n) is 4.95. The summed E-state index contributed by atoms with van der Waals surface area (Å²) in [6, 6.07) is 5.80. The Kier molecular flexibility index (Phi) is 4.01. The number of aromatic nitrogens is 4. The SMILES string of the molecule is CCCNC(C)c1nnnn1-c1ccc2c(c1)OCCO2. The Hall–Kier alpha value is -2.15. The van der Waals surface area contributed by atoms with E-state index < -0.39 is 0 Å². The van der Waals surface area contributed by atoms with Crippen molar-refractivity contribution in [2.24, 2.45) is 0 Å². The molecule has 0 saturated heterocycles. The molecule has 0 radical (unpaired) electrons. The zero-order valence-electron chi connectivity index (χ0n) is 12.2. The van der Waals surface area contributed by atoms with Gasteiger partial charge in [-0.15, -0.1) is 5.10 Å². The Morgan fingerprint density at radius 1 is 1.29 bits per heavy atom. The van der Waals surface area contributed by atoms with Gasteiger partial charge in [0, 0.05) is 6.07 Å². The molecule has 1 aromatic carbocycles. The van der Waals surface area contributed by atoms with Crippen LogP contribution in [-0.4, -0.2) is 40.0 Å². The smallest absolute Gasteiger partial charge is 0.173 e. The van der Waals surface area contributed by atoms with Gasteiger partial charge in [0.05, 0.1) is 11.7 Å². The van der Waals surface area contributed by atoms with Crippen molar-refractivity contribution in [2.45, 2.75) is 26.3 Å². The zero-order chi connectivity index (χ0) is 14.7. The molecule has 0 bridgehead atoms. The van der Waals surface area contributed by atoms with Crippen LogP contribution in [0.2, 0.25) is 0 Å². The fourth-order valence-corrected chi connectivity index (χ4v) is 2.26. The zero-order valence-corrected chi connectivity index (χ0v) is 12.2. The number of fused-ring (bicyclic) bond motifs is 1. The molecule has 0 aliphatic carbocycles. The molecule has 1 atom stereocenters. The lowest BCUT2D eigenvalue weighted by Gasteiger charge is -2.19. The average molecular weight is 289 g/mol. The summed E-state index contributed by atoms with van der Waals surface area (Å²) in [5, 5.41) is 15.4. The molecule has 0 spiro atoms. The first kappa shape index (κ1) is 13.8. The van der Waals surface area contributed by atoms with E-state index in [0.29, 0.717) is 13.2 Å². The molecule has 21 heavy (non-hydrogen) atoms. The van der Waals surface area contributed by atoms with Crippen molar-refractivity contribution in [1.29, 1.82) is 0 Å². The normalized spacial score (nSPS) is 15.0. The summed E-state index contributed by atoms with van der Waals surface area (Å²) >= 11 is 0. The summed E-state index contributed by atoms with van der Waals surface area (Å²) in [7, 11) is 0. The summed E-state index contributed by atoms with van der Waals surface area (Å²) < 4.78 is 12.9. The maximum absolute atomic E-state index is 5.60. The third-order valence-corrected chi connectivity index (χ3v) is 3.35. The minimum absolute atomic E-state index is 0.0770. The predicted octanol–water partition coefficient (Wildman–Crippen LogP) is 1.49. The summed E-state index contributed by atoms with van der Waals surface area (Å²) in [5.41, 5.74) is 0.865. The van der Waals surface area contributed by atoms with Crippen molar-refractivity contribution in [1.82, 2.24) is 25.5 Å². The molecule has 1 aliphatic heterocycles. The first-order valence-electron chi connectivity index (χ1n) is 7.21. The number of hydrogen-bond acceptors (Lipinski definition) is 6. The lowest BCUT2D eigenvalue weighted by Crippen LogP contribution is -2.23. The summed E-state index contributed by atoms with van der Waals surface area (Å²) in [5.74, 6) is 2.27. The van der Waals surface area contributed by atoms with Crippen LogP contribution in [0.3, 0.4) is 0 Å². The van der Waals surface area contributed by atoms with Crippen molar-refractivity contribution >= 4 is 0 Å². The van der Waals surface area contributed by atoms with Gasteiger partial charge in [-0.3, -0.25) is 0 Å². The van der Waals surface area contributed by atoms with Crippen LogP contribution in [-0.2, 0) is 0 Å². The highest BCUT2D eigenvalue weighted by atomic mass is 16.6. The highest BCUT2D eigenvalue weighted by Crippen LogP contribution is 2.32.